The molecule has 0 rings (SSSR count). The summed E-state index contributed by atoms with van der Waals surface area (Å²) in [5.74, 6) is -2.68. The number of nitrogens with one attached hydrogen (secondary N) is 1. The Kier molecular flexibility index (Phi) is 5.64. The molecule has 0 aromatic heterocycles. The van der Waals surface area contributed by atoms with E-state index in [2.05, 4.69) is 5.32 Å². The molecule has 0 fully saturated rings. The third-order valence-corrected chi connectivity index (χ3v) is 1.97. The summed E-state index contributed by atoms with van der Waals surface area (Å²) in [7, 11) is 0. The van der Waals surface area contributed by atoms with Crippen LogP contribution in [0, 0.1) is 5.41 Å². The average Bonchev–Trinajstić information content (AvgIpc) is 2.08. The van der Waals surface area contributed by atoms with Gasteiger partial charge >= 0.3 is 11.9 Å². The number of hydrogen-bond acceptors (Lipinski definition) is 3. The molecule has 0 aliphatic heterocycles. The van der Waals surface area contributed by atoms with Crippen LogP contribution < -0.4 is 5.32 Å². The van der Waals surface area contributed by atoms with Gasteiger partial charge in [0.1, 0.15) is 6.04 Å². The first-order valence-electron chi connectivity index (χ1n) is 5.36. The predicted molar refractivity (Wildman–Crippen MR) is 60.5 cm³/mol. The lowest BCUT2D eigenvalue weighted by atomic mass is 9.92. The molecule has 0 aliphatic carbocycles. The largest absolute Gasteiger partial charge is 0.481 e. The number of carboxylic acids is 2. The molecule has 0 radical (unpaired) electrons. The summed E-state index contributed by atoms with van der Waals surface area (Å²) in [5, 5.41) is 19.6. The monoisotopic (exact) mass is 245 g/mol. The highest BCUT2D eigenvalue weighted by molar-refractivity contribution is 5.84. The van der Waals surface area contributed by atoms with Gasteiger partial charge in [0.05, 0.1) is 0 Å². The number of aliphatic carboxylic acids is 2. The quantitative estimate of drug-likeness (QED) is 0.643. The summed E-state index contributed by atoms with van der Waals surface area (Å²) in [4.78, 5) is 32.6. The molecule has 98 valence electrons. The Labute approximate surface area is 100 Å². The van der Waals surface area contributed by atoms with Crippen molar-refractivity contribution < 1.29 is 24.6 Å². The van der Waals surface area contributed by atoms with E-state index < -0.39 is 18.0 Å². The highest BCUT2D eigenvalue weighted by atomic mass is 16.4. The number of amides is 1. The van der Waals surface area contributed by atoms with Crippen LogP contribution in [0.2, 0.25) is 0 Å². The Balaban J connectivity index is 4.30. The second kappa shape index (κ2) is 6.22. The van der Waals surface area contributed by atoms with Gasteiger partial charge in [-0.25, -0.2) is 4.79 Å². The van der Waals surface area contributed by atoms with Crippen molar-refractivity contribution in [2.45, 2.75) is 46.1 Å². The number of carboxylic acid groups (broad SMARTS) is 2. The maximum Gasteiger partial charge on any atom is 0.326 e. The summed E-state index contributed by atoms with van der Waals surface area (Å²) < 4.78 is 0. The van der Waals surface area contributed by atoms with Crippen LogP contribution >= 0.6 is 0 Å². The number of hydrogen-bond donors (Lipinski definition) is 3. The highest BCUT2D eigenvalue weighted by Gasteiger charge is 2.23. The second-order valence-corrected chi connectivity index (χ2v) is 5.13. The van der Waals surface area contributed by atoms with Crippen LogP contribution in [0.15, 0.2) is 0 Å². The minimum atomic E-state index is -1.21. The van der Waals surface area contributed by atoms with Crippen LogP contribution in [0.5, 0.6) is 0 Å². The topological polar surface area (TPSA) is 104 Å². The Morgan fingerprint density at radius 1 is 1.18 bits per heavy atom. The Morgan fingerprint density at radius 3 is 2.06 bits per heavy atom. The lowest BCUT2D eigenvalue weighted by Gasteiger charge is -2.19. The molecule has 0 bridgehead atoms. The molecule has 17 heavy (non-hydrogen) atoms. The smallest absolute Gasteiger partial charge is 0.326 e. The molecular weight excluding hydrogens is 226 g/mol. The van der Waals surface area contributed by atoms with Crippen molar-refractivity contribution in [3.8, 4) is 0 Å². The van der Waals surface area contributed by atoms with Gasteiger partial charge in [-0.15, -0.1) is 0 Å². The molecule has 0 heterocycles. The van der Waals surface area contributed by atoms with Crippen molar-refractivity contribution >= 4 is 17.8 Å². The van der Waals surface area contributed by atoms with Crippen molar-refractivity contribution in [1.29, 1.82) is 0 Å². The first-order chi connectivity index (χ1) is 7.61. The van der Waals surface area contributed by atoms with Gasteiger partial charge in [-0.05, 0) is 11.8 Å². The van der Waals surface area contributed by atoms with Gasteiger partial charge in [0.2, 0.25) is 5.91 Å². The minimum Gasteiger partial charge on any atom is -0.481 e. The lowest BCUT2D eigenvalue weighted by molar-refractivity contribution is -0.143. The van der Waals surface area contributed by atoms with Crippen LogP contribution in [0.4, 0.5) is 0 Å². The van der Waals surface area contributed by atoms with Gasteiger partial charge in [-0.1, -0.05) is 20.8 Å². The molecule has 3 N–H and O–H groups in total. The Bertz CT molecular complexity index is 305. The Hall–Kier alpha value is -1.59. The average molecular weight is 245 g/mol. The molecule has 1 unspecified atom stereocenters. The van der Waals surface area contributed by atoms with Crippen molar-refractivity contribution in [2.24, 2.45) is 5.41 Å². The standard InChI is InChI=1S/C11H19NO5/c1-11(2,3)6-8(13)12-7(10(16)17)4-5-9(14)15/h7H,4-6H2,1-3H3,(H,12,13)(H,14,15)(H,16,17). The fraction of sp³-hybridized carbons (Fsp3) is 0.727. The third-order valence-electron chi connectivity index (χ3n) is 1.97. The van der Waals surface area contributed by atoms with Crippen molar-refractivity contribution in [1.82, 2.24) is 5.32 Å². The fourth-order valence-corrected chi connectivity index (χ4v) is 1.25. The fourth-order valence-electron chi connectivity index (χ4n) is 1.25. The Morgan fingerprint density at radius 2 is 1.71 bits per heavy atom. The zero-order valence-corrected chi connectivity index (χ0v) is 10.3. The van der Waals surface area contributed by atoms with Crippen molar-refractivity contribution in [3.63, 3.8) is 0 Å². The van der Waals surface area contributed by atoms with Gasteiger partial charge in [-0.2, -0.15) is 0 Å². The summed E-state index contributed by atoms with van der Waals surface area (Å²) in [5.41, 5.74) is -0.236. The summed E-state index contributed by atoms with van der Waals surface area (Å²) in [6.45, 7) is 5.58. The van der Waals surface area contributed by atoms with E-state index in [0.717, 1.165) is 0 Å². The third kappa shape index (κ3) is 8.24. The van der Waals surface area contributed by atoms with E-state index in [1.165, 1.54) is 0 Å². The molecule has 6 heteroatoms. The van der Waals surface area contributed by atoms with E-state index in [1.807, 2.05) is 20.8 Å². The van der Waals surface area contributed by atoms with E-state index in [1.54, 1.807) is 0 Å². The summed E-state index contributed by atoms with van der Waals surface area (Å²) in [6.07, 6.45) is -0.197. The van der Waals surface area contributed by atoms with Crippen LogP contribution in [0.25, 0.3) is 0 Å². The molecule has 0 spiro atoms. The number of carbonyl (C=O) groups excluding carboxylic acids is 1. The minimum absolute atomic E-state index is 0.111. The van der Waals surface area contributed by atoms with Crippen molar-refractivity contribution in [3.05, 3.63) is 0 Å². The first kappa shape index (κ1) is 15.4. The van der Waals surface area contributed by atoms with E-state index in [0.29, 0.717) is 0 Å². The van der Waals surface area contributed by atoms with Crippen LogP contribution in [0.1, 0.15) is 40.0 Å². The van der Waals surface area contributed by atoms with Gasteiger partial charge in [0, 0.05) is 12.8 Å². The first-order valence-corrected chi connectivity index (χ1v) is 5.36. The second-order valence-electron chi connectivity index (χ2n) is 5.13. The van der Waals surface area contributed by atoms with E-state index in [4.69, 9.17) is 10.2 Å². The normalized spacial score (nSPS) is 12.9. The molecule has 0 aromatic rings. The van der Waals surface area contributed by atoms with E-state index >= 15 is 0 Å². The van der Waals surface area contributed by atoms with E-state index in [-0.39, 0.29) is 30.6 Å². The maximum atomic E-state index is 11.5. The predicted octanol–water partition coefficient (Wildman–Crippen LogP) is 0.857. The van der Waals surface area contributed by atoms with Crippen molar-refractivity contribution in [2.75, 3.05) is 0 Å². The van der Waals surface area contributed by atoms with Crippen LogP contribution in [-0.2, 0) is 14.4 Å². The van der Waals surface area contributed by atoms with Gasteiger partial charge in [-0.3, -0.25) is 9.59 Å². The molecule has 0 saturated carbocycles. The SMILES string of the molecule is CC(C)(C)CC(=O)NC(CCC(=O)O)C(=O)O. The molecule has 6 nitrogen and oxygen atoms in total. The molecule has 1 amide bonds. The maximum absolute atomic E-state index is 11.5. The van der Waals surface area contributed by atoms with Gasteiger partial charge in [0.25, 0.3) is 0 Å². The number of rotatable bonds is 6. The van der Waals surface area contributed by atoms with E-state index in [9.17, 15) is 14.4 Å². The molecule has 0 aromatic carbocycles. The summed E-state index contributed by atoms with van der Waals surface area (Å²) >= 11 is 0. The molecule has 1 atom stereocenters. The molecule has 0 saturated heterocycles. The van der Waals surface area contributed by atoms with Crippen LogP contribution in [-0.4, -0.2) is 34.1 Å². The molecular formula is C11H19NO5. The summed E-state index contributed by atoms with van der Waals surface area (Å²) in [6, 6.07) is -1.14. The zero-order chi connectivity index (χ0) is 13.6. The number of carbonyl (C=O) groups is 3. The highest BCUT2D eigenvalue weighted by Crippen LogP contribution is 2.18. The lowest BCUT2D eigenvalue weighted by Crippen LogP contribution is -2.42. The molecule has 0 aliphatic rings. The van der Waals surface area contributed by atoms with Gasteiger partial charge in [0.15, 0.2) is 0 Å². The van der Waals surface area contributed by atoms with Gasteiger partial charge < -0.3 is 15.5 Å². The van der Waals surface area contributed by atoms with Crippen LogP contribution in [0.3, 0.4) is 0 Å². The zero-order valence-electron chi connectivity index (χ0n) is 10.3.